The van der Waals surface area contributed by atoms with Gasteiger partial charge in [0.15, 0.2) is 0 Å². The van der Waals surface area contributed by atoms with Crippen LogP contribution in [-0.2, 0) is 20.9 Å². The fourth-order valence-corrected chi connectivity index (χ4v) is 2.95. The van der Waals surface area contributed by atoms with E-state index in [1.54, 1.807) is 33.2 Å². The van der Waals surface area contributed by atoms with Gasteiger partial charge in [-0.3, -0.25) is 4.79 Å². The molecule has 168 valence electrons. The Balaban J connectivity index is 1.62. The van der Waals surface area contributed by atoms with Crippen LogP contribution >= 0.6 is 0 Å². The predicted octanol–water partition coefficient (Wildman–Crippen LogP) is 3.73. The molecule has 3 aromatic rings. The van der Waals surface area contributed by atoms with Crippen LogP contribution in [0.1, 0.15) is 31.9 Å². The summed E-state index contributed by atoms with van der Waals surface area (Å²) in [5.41, 5.74) is 4.54. The molecule has 0 saturated carbocycles. The van der Waals surface area contributed by atoms with Gasteiger partial charge < -0.3 is 19.8 Å². The fraction of sp³-hybridized carbons (Fsp3) is 0.292. The Morgan fingerprint density at radius 1 is 1.09 bits per heavy atom. The number of hydrogen-bond acceptors (Lipinski definition) is 5. The van der Waals surface area contributed by atoms with Crippen LogP contribution in [0.4, 0.5) is 4.79 Å². The molecule has 3 rings (SSSR count). The van der Waals surface area contributed by atoms with Crippen LogP contribution in [0.15, 0.2) is 65.9 Å². The van der Waals surface area contributed by atoms with Crippen molar-refractivity contribution in [3.63, 3.8) is 0 Å². The molecule has 0 saturated heterocycles. The molecule has 3 N–H and O–H groups in total. The summed E-state index contributed by atoms with van der Waals surface area (Å²) in [7, 11) is 0. The van der Waals surface area contributed by atoms with Crippen molar-refractivity contribution in [3.05, 3.63) is 71.9 Å². The summed E-state index contributed by atoms with van der Waals surface area (Å²) in [5.74, 6) is -0.514. The van der Waals surface area contributed by atoms with Gasteiger partial charge in [0.1, 0.15) is 11.6 Å². The Morgan fingerprint density at radius 3 is 2.56 bits per heavy atom. The van der Waals surface area contributed by atoms with Crippen molar-refractivity contribution in [2.45, 2.75) is 39.0 Å². The van der Waals surface area contributed by atoms with Gasteiger partial charge in [0, 0.05) is 22.7 Å². The van der Waals surface area contributed by atoms with Gasteiger partial charge in [0.25, 0.3) is 5.91 Å². The number of benzene rings is 2. The number of alkyl carbamates (subject to hydrolysis) is 1. The molecule has 0 spiro atoms. The van der Waals surface area contributed by atoms with E-state index in [1.165, 1.54) is 0 Å². The first kappa shape index (κ1) is 23.0. The number of aromatic nitrogens is 1. The minimum atomic E-state index is -0.978. The number of rotatable bonds is 8. The topological polar surface area (TPSA) is 105 Å². The number of nitrogens with one attached hydrogen (secondary N) is 3. The molecule has 0 bridgehead atoms. The zero-order valence-corrected chi connectivity index (χ0v) is 18.4. The molecule has 0 aliphatic rings. The molecular weight excluding hydrogens is 408 g/mol. The maximum absolute atomic E-state index is 12.7. The molecule has 1 atom stereocenters. The van der Waals surface area contributed by atoms with Gasteiger partial charge in [-0.15, -0.1) is 0 Å². The van der Waals surface area contributed by atoms with Crippen molar-refractivity contribution in [2.75, 3.05) is 6.61 Å². The van der Waals surface area contributed by atoms with E-state index in [1.807, 2.05) is 54.6 Å². The van der Waals surface area contributed by atoms with Crippen LogP contribution in [0.25, 0.3) is 10.9 Å². The third-order valence-corrected chi connectivity index (χ3v) is 4.40. The maximum Gasteiger partial charge on any atom is 0.408 e. The van der Waals surface area contributed by atoms with Gasteiger partial charge in [-0.1, -0.05) is 48.5 Å². The van der Waals surface area contributed by atoms with E-state index in [4.69, 9.17) is 9.47 Å². The first-order valence-corrected chi connectivity index (χ1v) is 10.3. The second-order valence-corrected chi connectivity index (χ2v) is 8.22. The normalized spacial score (nSPS) is 12.6. The first-order valence-electron chi connectivity index (χ1n) is 10.3. The van der Waals surface area contributed by atoms with Crippen LogP contribution in [-0.4, -0.2) is 41.4 Å². The zero-order valence-electron chi connectivity index (χ0n) is 18.4. The Morgan fingerprint density at radius 2 is 1.81 bits per heavy atom. The molecule has 2 amide bonds. The van der Waals surface area contributed by atoms with Crippen molar-refractivity contribution in [2.24, 2.45) is 5.10 Å². The highest BCUT2D eigenvalue weighted by atomic mass is 16.6. The van der Waals surface area contributed by atoms with Gasteiger partial charge in [0.2, 0.25) is 0 Å². The van der Waals surface area contributed by atoms with Crippen molar-refractivity contribution < 1.29 is 19.1 Å². The van der Waals surface area contributed by atoms with Crippen molar-refractivity contribution in [1.82, 2.24) is 15.7 Å². The minimum Gasteiger partial charge on any atom is -0.444 e. The quantitative estimate of drug-likeness (QED) is 0.370. The van der Waals surface area contributed by atoms with Crippen LogP contribution in [0, 0.1) is 0 Å². The number of amides is 2. The molecule has 8 nitrogen and oxygen atoms in total. The molecular formula is C24H28N4O4. The van der Waals surface area contributed by atoms with E-state index in [9.17, 15) is 9.59 Å². The lowest BCUT2D eigenvalue weighted by Crippen LogP contribution is -2.49. The number of hydrazone groups is 1. The van der Waals surface area contributed by atoms with Crippen LogP contribution in [0.5, 0.6) is 0 Å². The first-order chi connectivity index (χ1) is 15.3. The SMILES string of the molecule is CC(C)(C)OC(=O)N[C@@H](COCc1ccccc1)C(=O)N/N=C\c1c[nH]c2ccccc12. The lowest BCUT2D eigenvalue weighted by molar-refractivity contribution is -0.124. The Bertz CT molecular complexity index is 1070. The van der Waals surface area contributed by atoms with Crippen molar-refractivity contribution in [1.29, 1.82) is 0 Å². The predicted molar refractivity (Wildman–Crippen MR) is 123 cm³/mol. The van der Waals surface area contributed by atoms with Gasteiger partial charge >= 0.3 is 6.09 Å². The number of H-pyrrole nitrogens is 1. The Labute approximate surface area is 187 Å². The van der Waals surface area contributed by atoms with Crippen LogP contribution in [0.3, 0.4) is 0 Å². The highest BCUT2D eigenvalue weighted by Crippen LogP contribution is 2.15. The molecule has 8 heteroatoms. The second-order valence-electron chi connectivity index (χ2n) is 8.22. The molecule has 2 aromatic carbocycles. The lowest BCUT2D eigenvalue weighted by Gasteiger charge is -2.22. The number of ether oxygens (including phenoxy) is 2. The van der Waals surface area contributed by atoms with Crippen molar-refractivity contribution >= 4 is 29.1 Å². The molecule has 0 unspecified atom stereocenters. The van der Waals surface area contributed by atoms with E-state index in [-0.39, 0.29) is 6.61 Å². The molecule has 0 fully saturated rings. The number of fused-ring (bicyclic) bond motifs is 1. The zero-order chi connectivity index (χ0) is 23.0. The molecule has 0 radical (unpaired) electrons. The second kappa shape index (κ2) is 10.6. The number of hydrogen-bond donors (Lipinski definition) is 3. The number of para-hydroxylation sites is 1. The van der Waals surface area contributed by atoms with E-state index in [0.717, 1.165) is 22.0 Å². The fourth-order valence-electron chi connectivity index (χ4n) is 2.95. The standard InChI is InChI=1S/C24H28N4O4/c1-24(2,3)32-23(30)27-21(16-31-15-17-9-5-4-6-10-17)22(29)28-26-14-18-13-25-20-12-8-7-11-19(18)20/h4-14,21,25H,15-16H2,1-3H3,(H,27,30)(H,28,29)/b26-14-/t21-/m0/s1. The van der Waals surface area contributed by atoms with Gasteiger partial charge in [-0.05, 0) is 32.4 Å². The summed E-state index contributed by atoms with van der Waals surface area (Å²) in [4.78, 5) is 28.0. The van der Waals surface area contributed by atoms with E-state index < -0.39 is 23.6 Å². The third kappa shape index (κ3) is 6.95. The third-order valence-electron chi connectivity index (χ3n) is 4.40. The van der Waals surface area contributed by atoms with E-state index in [0.29, 0.717) is 6.61 Å². The summed E-state index contributed by atoms with van der Waals surface area (Å²) >= 11 is 0. The molecule has 0 aliphatic carbocycles. The molecule has 32 heavy (non-hydrogen) atoms. The number of carbonyl (C=O) groups excluding carboxylic acids is 2. The lowest BCUT2D eigenvalue weighted by atomic mass is 10.2. The van der Waals surface area contributed by atoms with Gasteiger partial charge in [-0.2, -0.15) is 5.10 Å². The smallest absolute Gasteiger partial charge is 0.408 e. The average Bonchev–Trinajstić information content (AvgIpc) is 3.15. The molecule has 0 aliphatic heterocycles. The summed E-state index contributed by atoms with van der Waals surface area (Å²) < 4.78 is 10.9. The summed E-state index contributed by atoms with van der Waals surface area (Å²) in [5, 5.41) is 7.58. The maximum atomic E-state index is 12.7. The summed E-state index contributed by atoms with van der Waals surface area (Å²) in [6.45, 7) is 5.51. The van der Waals surface area contributed by atoms with Crippen molar-refractivity contribution in [3.8, 4) is 0 Å². The Kier molecular flexibility index (Phi) is 7.62. The number of carbonyl (C=O) groups is 2. The van der Waals surface area contributed by atoms with Gasteiger partial charge in [-0.25, -0.2) is 10.2 Å². The highest BCUT2D eigenvalue weighted by Gasteiger charge is 2.24. The monoisotopic (exact) mass is 436 g/mol. The average molecular weight is 437 g/mol. The number of aromatic amines is 1. The molecule has 1 heterocycles. The van der Waals surface area contributed by atoms with Crippen LogP contribution < -0.4 is 10.7 Å². The van der Waals surface area contributed by atoms with E-state index in [2.05, 4.69) is 20.8 Å². The minimum absolute atomic E-state index is 0.0391. The summed E-state index contributed by atoms with van der Waals surface area (Å²) in [6, 6.07) is 16.4. The molecule has 1 aromatic heterocycles. The number of nitrogens with zero attached hydrogens (tertiary/aromatic N) is 1. The Hall–Kier alpha value is -3.65. The van der Waals surface area contributed by atoms with Gasteiger partial charge in [0.05, 0.1) is 19.4 Å². The highest BCUT2D eigenvalue weighted by molar-refractivity contribution is 5.99. The largest absolute Gasteiger partial charge is 0.444 e. The summed E-state index contributed by atoms with van der Waals surface area (Å²) in [6.07, 6.45) is 2.65. The van der Waals surface area contributed by atoms with E-state index >= 15 is 0 Å². The van der Waals surface area contributed by atoms with Crippen LogP contribution in [0.2, 0.25) is 0 Å².